The highest BCUT2D eigenvalue weighted by atomic mass is 16.6. The van der Waals surface area contributed by atoms with Crippen molar-refractivity contribution in [3.63, 3.8) is 0 Å². The van der Waals surface area contributed by atoms with Gasteiger partial charge >= 0.3 is 6.09 Å². The van der Waals surface area contributed by atoms with Gasteiger partial charge in [-0.05, 0) is 33.6 Å². The molecule has 0 fully saturated rings. The van der Waals surface area contributed by atoms with Crippen LogP contribution < -0.4 is 21.3 Å². The summed E-state index contributed by atoms with van der Waals surface area (Å²) in [5.41, 5.74) is -0.493. The van der Waals surface area contributed by atoms with Gasteiger partial charge in [-0.15, -0.1) is 0 Å². The molecule has 0 aliphatic heterocycles. The van der Waals surface area contributed by atoms with Gasteiger partial charge in [-0.3, -0.25) is 9.79 Å². The zero-order valence-corrected chi connectivity index (χ0v) is 14.9. The van der Waals surface area contributed by atoms with Gasteiger partial charge in [0, 0.05) is 26.7 Å². The second-order valence-electron chi connectivity index (χ2n) is 5.98. The van der Waals surface area contributed by atoms with Gasteiger partial charge in [-0.1, -0.05) is 6.92 Å². The molecule has 0 bridgehead atoms. The van der Waals surface area contributed by atoms with Gasteiger partial charge in [0.05, 0.1) is 6.54 Å². The minimum Gasteiger partial charge on any atom is -0.444 e. The van der Waals surface area contributed by atoms with Crippen LogP contribution in [-0.2, 0) is 9.53 Å². The number of nitrogens with zero attached hydrogens (tertiary/aromatic N) is 1. The van der Waals surface area contributed by atoms with Gasteiger partial charge in [0.1, 0.15) is 5.60 Å². The van der Waals surface area contributed by atoms with E-state index in [0.29, 0.717) is 32.0 Å². The third-order valence-electron chi connectivity index (χ3n) is 2.53. The van der Waals surface area contributed by atoms with Crippen LogP contribution in [0.4, 0.5) is 4.79 Å². The summed E-state index contributed by atoms with van der Waals surface area (Å²) < 4.78 is 5.13. The fourth-order valence-corrected chi connectivity index (χ4v) is 1.51. The molecule has 4 N–H and O–H groups in total. The molecule has 0 rings (SSSR count). The lowest BCUT2D eigenvalue weighted by Crippen LogP contribution is -2.44. The summed E-state index contributed by atoms with van der Waals surface area (Å²) in [6.07, 6.45) is 1.19. The number of alkyl carbamates (subject to hydrolysis) is 1. The fourth-order valence-electron chi connectivity index (χ4n) is 1.51. The lowest BCUT2D eigenvalue weighted by atomic mass is 10.2. The highest BCUT2D eigenvalue weighted by Crippen LogP contribution is 2.06. The number of hydrogen-bond donors (Lipinski definition) is 4. The molecular formula is C15H31N5O3. The molecule has 8 nitrogen and oxygen atoms in total. The highest BCUT2D eigenvalue weighted by Gasteiger charge is 2.15. The highest BCUT2D eigenvalue weighted by molar-refractivity contribution is 5.86. The molecule has 0 radical (unpaired) electrons. The van der Waals surface area contributed by atoms with Crippen LogP contribution in [0.1, 0.15) is 40.5 Å². The zero-order chi connectivity index (χ0) is 17.7. The van der Waals surface area contributed by atoms with Gasteiger partial charge in [-0.2, -0.15) is 0 Å². The van der Waals surface area contributed by atoms with Crippen LogP contribution in [0.5, 0.6) is 0 Å². The van der Waals surface area contributed by atoms with Crippen molar-refractivity contribution in [2.75, 3.05) is 33.2 Å². The first kappa shape index (κ1) is 21.0. The topological polar surface area (TPSA) is 104 Å². The third kappa shape index (κ3) is 13.4. The molecule has 0 aliphatic carbocycles. The van der Waals surface area contributed by atoms with Crippen LogP contribution in [-0.4, -0.2) is 56.8 Å². The van der Waals surface area contributed by atoms with Crippen molar-refractivity contribution in [3.8, 4) is 0 Å². The third-order valence-corrected chi connectivity index (χ3v) is 2.53. The summed E-state index contributed by atoms with van der Waals surface area (Å²) >= 11 is 0. The Bertz CT molecular complexity index is 391. The smallest absolute Gasteiger partial charge is 0.407 e. The van der Waals surface area contributed by atoms with Gasteiger partial charge in [0.25, 0.3) is 0 Å². The van der Waals surface area contributed by atoms with Crippen LogP contribution in [0, 0.1) is 0 Å². The molecule has 2 amide bonds. The molecule has 0 unspecified atom stereocenters. The number of hydrogen-bond acceptors (Lipinski definition) is 4. The maximum atomic E-state index is 11.5. The molecular weight excluding hydrogens is 298 g/mol. The van der Waals surface area contributed by atoms with Gasteiger partial charge in [-0.25, -0.2) is 4.79 Å². The summed E-state index contributed by atoms with van der Waals surface area (Å²) in [6.45, 7) is 9.42. The average molecular weight is 329 g/mol. The van der Waals surface area contributed by atoms with E-state index in [4.69, 9.17) is 4.74 Å². The van der Waals surface area contributed by atoms with E-state index in [9.17, 15) is 9.59 Å². The van der Waals surface area contributed by atoms with Crippen molar-refractivity contribution in [2.24, 2.45) is 4.99 Å². The molecule has 0 aromatic heterocycles. The Morgan fingerprint density at radius 2 is 1.65 bits per heavy atom. The standard InChI is InChI=1S/C15H31N5O3/c1-6-8-17-12(21)11-20-13(16-5)18-9-7-10-19-14(22)23-15(2,3)4/h6-11H2,1-5H3,(H,17,21)(H,19,22)(H2,16,18,20). The number of carbonyl (C=O) groups excluding carboxylic acids is 2. The number of ether oxygens (including phenoxy) is 1. The van der Waals surface area contributed by atoms with Crippen LogP contribution in [0.3, 0.4) is 0 Å². The summed E-state index contributed by atoms with van der Waals surface area (Å²) in [6, 6.07) is 0. The molecule has 0 saturated heterocycles. The molecule has 8 heteroatoms. The first-order chi connectivity index (χ1) is 10.8. The number of carbonyl (C=O) groups is 2. The van der Waals surface area contributed by atoms with E-state index in [-0.39, 0.29) is 12.5 Å². The van der Waals surface area contributed by atoms with Crippen molar-refractivity contribution in [2.45, 2.75) is 46.1 Å². The molecule has 0 heterocycles. The lowest BCUT2D eigenvalue weighted by Gasteiger charge is -2.19. The van der Waals surface area contributed by atoms with Crippen LogP contribution in [0.25, 0.3) is 0 Å². The minimum atomic E-state index is -0.493. The second-order valence-corrected chi connectivity index (χ2v) is 5.98. The first-order valence-electron chi connectivity index (χ1n) is 7.96. The van der Waals surface area contributed by atoms with Crippen molar-refractivity contribution in [1.29, 1.82) is 0 Å². The van der Waals surface area contributed by atoms with Crippen molar-refractivity contribution < 1.29 is 14.3 Å². The SMILES string of the molecule is CCCNC(=O)CNC(=NC)NCCCNC(=O)OC(C)(C)C. The minimum absolute atomic E-state index is 0.0682. The first-order valence-corrected chi connectivity index (χ1v) is 7.96. The van der Waals surface area contributed by atoms with Crippen molar-refractivity contribution in [3.05, 3.63) is 0 Å². The number of amides is 2. The van der Waals surface area contributed by atoms with Gasteiger partial charge in [0.2, 0.25) is 5.91 Å². The molecule has 23 heavy (non-hydrogen) atoms. The molecule has 0 atom stereocenters. The Balaban J connectivity index is 3.76. The van der Waals surface area contributed by atoms with E-state index in [1.807, 2.05) is 27.7 Å². The largest absolute Gasteiger partial charge is 0.444 e. The number of rotatable bonds is 8. The van der Waals surface area contributed by atoms with Gasteiger partial charge in [0.15, 0.2) is 5.96 Å². The maximum Gasteiger partial charge on any atom is 0.407 e. The van der Waals surface area contributed by atoms with E-state index in [1.165, 1.54) is 0 Å². The Kier molecular flexibility index (Phi) is 10.6. The Hall–Kier alpha value is -1.99. The lowest BCUT2D eigenvalue weighted by molar-refractivity contribution is -0.120. The predicted molar refractivity (Wildman–Crippen MR) is 91.5 cm³/mol. The Morgan fingerprint density at radius 1 is 1.00 bits per heavy atom. The van der Waals surface area contributed by atoms with E-state index in [2.05, 4.69) is 26.3 Å². The number of nitrogens with one attached hydrogen (secondary N) is 4. The zero-order valence-electron chi connectivity index (χ0n) is 14.9. The summed E-state index contributed by atoms with van der Waals surface area (Å²) in [4.78, 5) is 26.9. The normalized spacial score (nSPS) is 11.6. The van der Waals surface area contributed by atoms with Crippen LogP contribution >= 0.6 is 0 Å². The number of guanidine groups is 1. The van der Waals surface area contributed by atoms with Crippen LogP contribution in [0.15, 0.2) is 4.99 Å². The van der Waals surface area contributed by atoms with E-state index in [0.717, 1.165) is 6.42 Å². The predicted octanol–water partition coefficient (Wildman–Crippen LogP) is 0.592. The van der Waals surface area contributed by atoms with E-state index < -0.39 is 11.7 Å². The Labute approximate surface area is 138 Å². The van der Waals surface area contributed by atoms with Gasteiger partial charge < -0.3 is 26.0 Å². The number of aliphatic imine (C=N–C) groups is 1. The van der Waals surface area contributed by atoms with Crippen molar-refractivity contribution >= 4 is 18.0 Å². The van der Waals surface area contributed by atoms with E-state index in [1.54, 1.807) is 7.05 Å². The molecule has 0 aromatic carbocycles. The summed E-state index contributed by atoms with van der Waals surface area (Å²) in [7, 11) is 1.64. The maximum absolute atomic E-state index is 11.5. The van der Waals surface area contributed by atoms with Crippen LogP contribution in [0.2, 0.25) is 0 Å². The molecule has 0 aromatic rings. The Morgan fingerprint density at radius 3 is 2.22 bits per heavy atom. The molecule has 0 saturated carbocycles. The molecule has 0 spiro atoms. The molecule has 134 valence electrons. The molecule has 0 aliphatic rings. The summed E-state index contributed by atoms with van der Waals surface area (Å²) in [5, 5.41) is 11.4. The monoisotopic (exact) mass is 329 g/mol. The fraction of sp³-hybridized carbons (Fsp3) is 0.800. The van der Waals surface area contributed by atoms with Crippen molar-refractivity contribution in [1.82, 2.24) is 21.3 Å². The second kappa shape index (κ2) is 11.6. The quantitative estimate of drug-likeness (QED) is 0.296. The summed E-state index contributed by atoms with van der Waals surface area (Å²) in [5.74, 6) is 0.482. The van der Waals surface area contributed by atoms with E-state index >= 15 is 0 Å². The average Bonchev–Trinajstić information content (AvgIpc) is 2.46.